The fourth-order valence-electron chi connectivity index (χ4n) is 2.97. The SMILES string of the molecule is O=C(O)C(F)(F)F.OC1(c2nnc(C3CC4(CNC4)C3)[nH]2)CC1. The average molecular weight is 334 g/mol. The van der Waals surface area contributed by atoms with E-state index in [1.807, 2.05) is 0 Å². The summed E-state index contributed by atoms with van der Waals surface area (Å²) in [6.45, 7) is 2.32. The van der Waals surface area contributed by atoms with Gasteiger partial charge in [0.2, 0.25) is 0 Å². The number of aliphatic hydroxyl groups is 1. The first-order valence-corrected chi connectivity index (χ1v) is 7.30. The Bertz CT molecular complexity index is 600. The number of H-pyrrole nitrogens is 1. The Balaban J connectivity index is 0.000000193. The Labute approximate surface area is 129 Å². The van der Waals surface area contributed by atoms with Crippen LogP contribution in [0.2, 0.25) is 0 Å². The van der Waals surface area contributed by atoms with Crippen LogP contribution in [-0.4, -0.2) is 50.6 Å². The molecular weight excluding hydrogens is 317 g/mol. The van der Waals surface area contributed by atoms with Gasteiger partial charge in [0.1, 0.15) is 11.4 Å². The molecule has 0 unspecified atom stereocenters. The van der Waals surface area contributed by atoms with E-state index < -0.39 is 17.7 Å². The zero-order valence-corrected chi connectivity index (χ0v) is 12.2. The predicted molar refractivity (Wildman–Crippen MR) is 70.5 cm³/mol. The number of hydrogen-bond donors (Lipinski definition) is 4. The van der Waals surface area contributed by atoms with Crippen molar-refractivity contribution in [2.75, 3.05) is 13.1 Å². The molecular formula is C13H17F3N4O3. The number of carbonyl (C=O) groups is 1. The van der Waals surface area contributed by atoms with Gasteiger partial charge in [0.25, 0.3) is 0 Å². The van der Waals surface area contributed by atoms with Crippen molar-refractivity contribution in [3.05, 3.63) is 11.6 Å². The van der Waals surface area contributed by atoms with Crippen LogP contribution in [0.5, 0.6) is 0 Å². The number of nitrogens with zero attached hydrogens (tertiary/aromatic N) is 2. The number of aliphatic carboxylic acids is 1. The van der Waals surface area contributed by atoms with Gasteiger partial charge in [-0.3, -0.25) is 0 Å². The molecule has 0 aromatic carbocycles. The van der Waals surface area contributed by atoms with E-state index in [2.05, 4.69) is 20.5 Å². The molecule has 1 saturated heterocycles. The Morgan fingerprint density at radius 3 is 2.17 bits per heavy atom. The number of halogens is 3. The van der Waals surface area contributed by atoms with Crippen molar-refractivity contribution in [1.82, 2.24) is 20.5 Å². The number of hydrogen-bond acceptors (Lipinski definition) is 5. The van der Waals surface area contributed by atoms with Crippen LogP contribution in [0.1, 0.15) is 43.3 Å². The molecule has 23 heavy (non-hydrogen) atoms. The van der Waals surface area contributed by atoms with E-state index in [-0.39, 0.29) is 0 Å². The lowest BCUT2D eigenvalue weighted by Crippen LogP contribution is -2.59. The molecule has 0 amide bonds. The van der Waals surface area contributed by atoms with Gasteiger partial charge < -0.3 is 20.5 Å². The van der Waals surface area contributed by atoms with Crippen molar-refractivity contribution in [2.24, 2.45) is 5.41 Å². The number of alkyl halides is 3. The second-order valence-electron chi connectivity index (χ2n) is 6.60. The summed E-state index contributed by atoms with van der Waals surface area (Å²) in [5, 5.41) is 28.6. The van der Waals surface area contributed by atoms with Crippen molar-refractivity contribution in [3.8, 4) is 0 Å². The first kappa shape index (κ1) is 16.2. The van der Waals surface area contributed by atoms with Crippen molar-refractivity contribution < 1.29 is 28.2 Å². The van der Waals surface area contributed by atoms with Gasteiger partial charge in [0.15, 0.2) is 5.82 Å². The smallest absolute Gasteiger partial charge is 0.475 e. The van der Waals surface area contributed by atoms with Crippen molar-refractivity contribution in [2.45, 2.75) is 43.4 Å². The second kappa shape index (κ2) is 5.17. The molecule has 1 aromatic rings. The highest BCUT2D eigenvalue weighted by Crippen LogP contribution is 2.53. The van der Waals surface area contributed by atoms with Crippen LogP contribution in [0.3, 0.4) is 0 Å². The molecule has 2 aliphatic carbocycles. The summed E-state index contributed by atoms with van der Waals surface area (Å²) in [5.74, 6) is -0.568. The molecule has 0 radical (unpaired) electrons. The number of aromatic amines is 1. The molecule has 4 rings (SSSR count). The van der Waals surface area contributed by atoms with Crippen molar-refractivity contribution >= 4 is 5.97 Å². The van der Waals surface area contributed by atoms with E-state index in [0.717, 1.165) is 31.8 Å². The van der Waals surface area contributed by atoms with Crippen molar-refractivity contribution in [1.29, 1.82) is 0 Å². The lowest BCUT2D eigenvalue weighted by atomic mass is 9.58. The standard InChI is InChI=1S/C11H16N4O.C2HF3O2/c16-11(1-2-11)9-13-8(14-15-9)7-3-10(4-7)5-12-6-10;3-2(4,5)1(6)7/h7,12,16H,1-6H2,(H,13,14,15);(H,6,7). The molecule has 2 saturated carbocycles. The topological polar surface area (TPSA) is 111 Å². The van der Waals surface area contributed by atoms with Crippen LogP contribution in [0, 0.1) is 5.41 Å². The molecule has 7 nitrogen and oxygen atoms in total. The molecule has 0 atom stereocenters. The van der Waals surface area contributed by atoms with E-state index in [0.29, 0.717) is 17.2 Å². The Kier molecular flexibility index (Phi) is 3.64. The van der Waals surface area contributed by atoms with Gasteiger partial charge in [-0.15, -0.1) is 10.2 Å². The van der Waals surface area contributed by atoms with Crippen LogP contribution in [-0.2, 0) is 10.4 Å². The molecule has 1 aliphatic heterocycles. The summed E-state index contributed by atoms with van der Waals surface area (Å²) in [5.41, 5.74) is -0.112. The molecule has 3 aliphatic rings. The van der Waals surface area contributed by atoms with E-state index >= 15 is 0 Å². The van der Waals surface area contributed by atoms with E-state index in [1.165, 1.54) is 12.8 Å². The van der Waals surface area contributed by atoms with Crippen LogP contribution < -0.4 is 5.32 Å². The monoisotopic (exact) mass is 334 g/mol. The largest absolute Gasteiger partial charge is 0.490 e. The maximum atomic E-state index is 10.6. The van der Waals surface area contributed by atoms with Gasteiger partial charge in [-0.05, 0) is 31.1 Å². The summed E-state index contributed by atoms with van der Waals surface area (Å²) < 4.78 is 31.7. The third-order valence-electron chi connectivity index (χ3n) is 4.66. The van der Waals surface area contributed by atoms with E-state index in [1.54, 1.807) is 0 Å². The maximum absolute atomic E-state index is 10.6. The molecule has 0 bridgehead atoms. The van der Waals surface area contributed by atoms with E-state index in [9.17, 15) is 18.3 Å². The Morgan fingerprint density at radius 2 is 1.78 bits per heavy atom. The van der Waals surface area contributed by atoms with Crippen LogP contribution in [0.25, 0.3) is 0 Å². The maximum Gasteiger partial charge on any atom is 0.490 e. The summed E-state index contributed by atoms with van der Waals surface area (Å²) in [7, 11) is 0. The Hall–Kier alpha value is -1.68. The van der Waals surface area contributed by atoms with Gasteiger partial charge in [-0.1, -0.05) is 0 Å². The third kappa shape index (κ3) is 3.18. The van der Waals surface area contributed by atoms with Gasteiger partial charge in [-0.2, -0.15) is 13.2 Å². The minimum atomic E-state index is -5.08. The molecule has 4 N–H and O–H groups in total. The summed E-state index contributed by atoms with van der Waals surface area (Å²) in [4.78, 5) is 12.1. The minimum Gasteiger partial charge on any atom is -0.475 e. The molecule has 1 aromatic heterocycles. The van der Waals surface area contributed by atoms with Gasteiger partial charge in [0.05, 0.1) is 0 Å². The molecule has 10 heteroatoms. The Morgan fingerprint density at radius 1 is 1.22 bits per heavy atom. The quantitative estimate of drug-likeness (QED) is 0.639. The zero-order chi connectivity index (χ0) is 16.9. The van der Waals surface area contributed by atoms with Gasteiger partial charge in [-0.25, -0.2) is 4.79 Å². The van der Waals surface area contributed by atoms with Crippen LogP contribution in [0.15, 0.2) is 0 Å². The van der Waals surface area contributed by atoms with Gasteiger partial charge >= 0.3 is 12.1 Å². The molecule has 3 fully saturated rings. The first-order chi connectivity index (χ1) is 10.6. The summed E-state index contributed by atoms with van der Waals surface area (Å²) >= 11 is 0. The highest BCUT2D eigenvalue weighted by molar-refractivity contribution is 5.73. The number of carboxylic acid groups (broad SMARTS) is 1. The second-order valence-corrected chi connectivity index (χ2v) is 6.60. The normalized spacial score (nSPS) is 24.2. The summed E-state index contributed by atoms with van der Waals surface area (Å²) in [6, 6.07) is 0. The number of aromatic nitrogens is 3. The van der Waals surface area contributed by atoms with Gasteiger partial charge in [0, 0.05) is 19.0 Å². The highest BCUT2D eigenvalue weighted by atomic mass is 19.4. The average Bonchev–Trinajstić information content (AvgIpc) is 2.91. The van der Waals surface area contributed by atoms with Crippen LogP contribution in [0.4, 0.5) is 13.2 Å². The van der Waals surface area contributed by atoms with Crippen LogP contribution >= 0.6 is 0 Å². The van der Waals surface area contributed by atoms with Crippen molar-refractivity contribution in [3.63, 3.8) is 0 Å². The molecule has 1 spiro atoms. The fraction of sp³-hybridized carbons (Fsp3) is 0.769. The predicted octanol–water partition coefficient (Wildman–Crippen LogP) is 0.886. The minimum absolute atomic E-state index is 0.533. The summed E-state index contributed by atoms with van der Waals surface area (Å²) in [6.07, 6.45) is -1.01. The molecule has 2 heterocycles. The van der Waals surface area contributed by atoms with E-state index in [4.69, 9.17) is 9.90 Å². The lowest BCUT2D eigenvalue weighted by molar-refractivity contribution is -0.192. The number of nitrogens with one attached hydrogen (secondary N) is 2. The fourth-order valence-corrected chi connectivity index (χ4v) is 2.97. The number of carboxylic acids is 1. The zero-order valence-electron chi connectivity index (χ0n) is 12.2. The third-order valence-corrected chi connectivity index (χ3v) is 4.66. The first-order valence-electron chi connectivity index (χ1n) is 7.30. The lowest BCUT2D eigenvalue weighted by Gasteiger charge is -2.53. The molecule has 128 valence electrons. The highest BCUT2D eigenvalue weighted by Gasteiger charge is 2.51. The number of rotatable bonds is 2.